The first-order valence-corrected chi connectivity index (χ1v) is 9.42. The van der Waals surface area contributed by atoms with Gasteiger partial charge in [-0.15, -0.1) is 0 Å². The molecule has 0 aliphatic heterocycles. The Kier molecular flexibility index (Phi) is 11.2. The molecule has 0 unspecified atom stereocenters. The molecule has 3 nitrogen and oxygen atoms in total. The molecule has 0 saturated carbocycles. The van der Waals surface area contributed by atoms with Crippen LogP contribution in [0.5, 0.6) is 11.5 Å². The van der Waals surface area contributed by atoms with Crippen LogP contribution in [0.3, 0.4) is 0 Å². The fraction of sp³-hybridized carbons (Fsp3) is 0.500. The molecule has 0 radical (unpaired) electrons. The first kappa shape index (κ1) is 21.0. The van der Waals surface area contributed by atoms with Crippen LogP contribution >= 0.6 is 0 Å². The molecule has 138 valence electrons. The molecule has 1 N–H and O–H groups in total. The van der Waals surface area contributed by atoms with Gasteiger partial charge in [-0.1, -0.05) is 76.2 Å². The molecule has 0 saturated heterocycles. The fourth-order valence-corrected chi connectivity index (χ4v) is 2.64. The number of methoxy groups -OCH3 is 1. The van der Waals surface area contributed by atoms with E-state index in [9.17, 15) is 9.90 Å². The summed E-state index contributed by atoms with van der Waals surface area (Å²) >= 11 is 0. The Hall–Kier alpha value is -2.03. The van der Waals surface area contributed by atoms with E-state index in [0.717, 1.165) is 18.4 Å². The van der Waals surface area contributed by atoms with Crippen LogP contribution in [0.15, 0.2) is 36.4 Å². The van der Waals surface area contributed by atoms with E-state index in [1.807, 2.05) is 12.2 Å². The van der Waals surface area contributed by atoms with Gasteiger partial charge < -0.3 is 9.84 Å². The summed E-state index contributed by atoms with van der Waals surface area (Å²) in [6.45, 7) is 2.23. The van der Waals surface area contributed by atoms with Crippen LogP contribution in [0.25, 0.3) is 6.08 Å². The number of phenols is 1. The lowest BCUT2D eigenvalue weighted by atomic mass is 10.1. The summed E-state index contributed by atoms with van der Waals surface area (Å²) in [6.07, 6.45) is 17.7. The molecule has 0 atom stereocenters. The molecule has 0 bridgehead atoms. The van der Waals surface area contributed by atoms with E-state index >= 15 is 0 Å². The van der Waals surface area contributed by atoms with Crippen molar-refractivity contribution >= 4 is 11.9 Å². The monoisotopic (exact) mass is 344 g/mol. The first-order chi connectivity index (χ1) is 12.2. The average molecular weight is 344 g/mol. The van der Waals surface area contributed by atoms with Crippen molar-refractivity contribution in [1.82, 2.24) is 0 Å². The van der Waals surface area contributed by atoms with Gasteiger partial charge in [0.2, 0.25) is 0 Å². The van der Waals surface area contributed by atoms with Crippen LogP contribution in [0.1, 0.15) is 70.3 Å². The van der Waals surface area contributed by atoms with Crippen LogP contribution in [-0.2, 0) is 4.79 Å². The third-order valence-electron chi connectivity index (χ3n) is 4.16. The Morgan fingerprint density at radius 3 is 2.40 bits per heavy atom. The fourth-order valence-electron chi connectivity index (χ4n) is 2.64. The Labute approximate surface area is 152 Å². The number of benzene rings is 1. The molecule has 3 heteroatoms. The van der Waals surface area contributed by atoms with Crippen LogP contribution in [-0.4, -0.2) is 18.0 Å². The SMILES string of the molecule is CCCCCCCCCCC(=O)C=CC=Cc1ccc(O)c(OC)c1. The highest BCUT2D eigenvalue weighted by Gasteiger charge is 2.00. The predicted octanol–water partition coefficient (Wildman–Crippen LogP) is 6.07. The Morgan fingerprint density at radius 1 is 1.04 bits per heavy atom. The van der Waals surface area contributed by atoms with Crippen molar-refractivity contribution in [3.05, 3.63) is 42.0 Å². The normalized spacial score (nSPS) is 11.4. The zero-order chi connectivity index (χ0) is 18.3. The van der Waals surface area contributed by atoms with E-state index < -0.39 is 0 Å². The number of carbonyl (C=O) groups is 1. The first-order valence-electron chi connectivity index (χ1n) is 9.42. The summed E-state index contributed by atoms with van der Waals surface area (Å²) in [4.78, 5) is 11.8. The highest BCUT2D eigenvalue weighted by atomic mass is 16.5. The molecule has 0 spiro atoms. The minimum absolute atomic E-state index is 0.121. The Balaban J connectivity index is 2.19. The van der Waals surface area contributed by atoms with Crippen molar-refractivity contribution in [2.75, 3.05) is 7.11 Å². The predicted molar refractivity (Wildman–Crippen MR) is 105 cm³/mol. The van der Waals surface area contributed by atoms with E-state index in [0.29, 0.717) is 12.2 Å². The number of rotatable bonds is 13. The number of aromatic hydroxyl groups is 1. The summed E-state index contributed by atoms with van der Waals surface area (Å²) < 4.78 is 5.07. The maximum Gasteiger partial charge on any atom is 0.161 e. The average Bonchev–Trinajstić information content (AvgIpc) is 2.62. The smallest absolute Gasteiger partial charge is 0.161 e. The molecule has 0 aliphatic carbocycles. The number of unbranched alkanes of at least 4 members (excludes halogenated alkanes) is 7. The van der Waals surface area contributed by atoms with Gasteiger partial charge in [0.1, 0.15) is 0 Å². The molecule has 0 heterocycles. The largest absolute Gasteiger partial charge is 0.504 e. The summed E-state index contributed by atoms with van der Waals surface area (Å²) in [5, 5.41) is 9.55. The number of ether oxygens (including phenoxy) is 1. The number of hydrogen-bond donors (Lipinski definition) is 1. The summed E-state index contributed by atoms with van der Waals surface area (Å²) in [5.74, 6) is 0.742. The van der Waals surface area contributed by atoms with E-state index in [4.69, 9.17) is 4.74 Å². The van der Waals surface area contributed by atoms with Crippen LogP contribution < -0.4 is 4.74 Å². The lowest BCUT2D eigenvalue weighted by Gasteiger charge is -2.03. The Morgan fingerprint density at radius 2 is 1.72 bits per heavy atom. The van der Waals surface area contributed by atoms with Crippen molar-refractivity contribution in [1.29, 1.82) is 0 Å². The third kappa shape index (κ3) is 9.75. The zero-order valence-corrected chi connectivity index (χ0v) is 15.7. The number of phenolic OH excluding ortho intramolecular Hbond substituents is 1. The van der Waals surface area contributed by atoms with Gasteiger partial charge in [0, 0.05) is 6.42 Å². The maximum absolute atomic E-state index is 11.8. The quantitative estimate of drug-likeness (QED) is 0.268. The van der Waals surface area contributed by atoms with Crippen molar-refractivity contribution in [3.63, 3.8) is 0 Å². The van der Waals surface area contributed by atoms with Crippen molar-refractivity contribution in [3.8, 4) is 11.5 Å². The van der Waals surface area contributed by atoms with Gasteiger partial charge in [-0.2, -0.15) is 0 Å². The molecule has 1 aromatic rings. The standard InChI is InChI=1S/C22H32O3/c1-3-4-5-6-7-8-9-10-14-20(23)15-12-11-13-19-16-17-21(24)22(18-19)25-2/h11-13,15-18,24H,3-10,14H2,1-2H3. The topological polar surface area (TPSA) is 46.5 Å². The van der Waals surface area contributed by atoms with E-state index in [2.05, 4.69) is 6.92 Å². The second-order valence-corrected chi connectivity index (χ2v) is 6.34. The second-order valence-electron chi connectivity index (χ2n) is 6.34. The number of carbonyl (C=O) groups excluding carboxylic acids is 1. The summed E-state index contributed by atoms with van der Waals surface area (Å²) in [7, 11) is 1.52. The van der Waals surface area contributed by atoms with E-state index in [-0.39, 0.29) is 11.5 Å². The summed E-state index contributed by atoms with van der Waals surface area (Å²) in [6, 6.07) is 5.14. The molecule has 0 fully saturated rings. The molecule has 0 aromatic heterocycles. The number of hydrogen-bond acceptors (Lipinski definition) is 3. The van der Waals surface area contributed by atoms with Crippen LogP contribution in [0.2, 0.25) is 0 Å². The molecule has 0 aliphatic rings. The van der Waals surface area contributed by atoms with Gasteiger partial charge >= 0.3 is 0 Å². The molecular formula is C22H32O3. The summed E-state index contributed by atoms with van der Waals surface area (Å²) in [5.41, 5.74) is 0.912. The van der Waals surface area contributed by atoms with Crippen molar-refractivity contribution < 1.29 is 14.6 Å². The molecule has 1 aromatic carbocycles. The van der Waals surface area contributed by atoms with E-state index in [1.165, 1.54) is 45.6 Å². The number of ketones is 1. The maximum atomic E-state index is 11.8. The van der Waals surface area contributed by atoms with Gasteiger partial charge in [-0.05, 0) is 30.2 Å². The zero-order valence-electron chi connectivity index (χ0n) is 15.7. The van der Waals surface area contributed by atoms with Gasteiger partial charge in [0.15, 0.2) is 17.3 Å². The van der Waals surface area contributed by atoms with Crippen LogP contribution in [0, 0.1) is 0 Å². The Bertz CT molecular complexity index is 558. The minimum Gasteiger partial charge on any atom is -0.504 e. The van der Waals surface area contributed by atoms with Crippen LogP contribution in [0.4, 0.5) is 0 Å². The molecular weight excluding hydrogens is 312 g/mol. The molecule has 25 heavy (non-hydrogen) atoms. The lowest BCUT2D eigenvalue weighted by molar-refractivity contribution is -0.114. The third-order valence-corrected chi connectivity index (χ3v) is 4.16. The van der Waals surface area contributed by atoms with Gasteiger partial charge in [0.05, 0.1) is 7.11 Å². The lowest BCUT2D eigenvalue weighted by Crippen LogP contribution is -1.92. The van der Waals surface area contributed by atoms with Gasteiger partial charge in [-0.3, -0.25) is 4.79 Å². The second kappa shape index (κ2) is 13.3. The number of allylic oxidation sites excluding steroid dienone is 3. The van der Waals surface area contributed by atoms with E-state index in [1.54, 1.807) is 30.4 Å². The van der Waals surface area contributed by atoms with Gasteiger partial charge in [0.25, 0.3) is 0 Å². The molecule has 1 rings (SSSR count). The molecule has 0 amide bonds. The van der Waals surface area contributed by atoms with Crippen molar-refractivity contribution in [2.45, 2.75) is 64.7 Å². The van der Waals surface area contributed by atoms with Crippen molar-refractivity contribution in [2.24, 2.45) is 0 Å². The highest BCUT2D eigenvalue weighted by Crippen LogP contribution is 2.26. The highest BCUT2D eigenvalue weighted by molar-refractivity contribution is 5.89. The minimum atomic E-state index is 0.121. The van der Waals surface area contributed by atoms with Gasteiger partial charge in [-0.25, -0.2) is 0 Å².